The van der Waals surface area contributed by atoms with Crippen LogP contribution in [0, 0.1) is 0 Å². The Bertz CT molecular complexity index is 1210. The predicted octanol–water partition coefficient (Wildman–Crippen LogP) is 5.88. The number of benzene rings is 4. The molecule has 4 aromatic rings. The quantitative estimate of drug-likeness (QED) is 0.259. The van der Waals surface area contributed by atoms with Crippen molar-refractivity contribution < 1.29 is 15.0 Å². The molecule has 32 heavy (non-hydrogen) atoms. The number of anilines is 1. The molecule has 0 bridgehead atoms. The summed E-state index contributed by atoms with van der Waals surface area (Å²) >= 11 is 4.99. The molecule has 158 valence electrons. The van der Waals surface area contributed by atoms with Crippen LogP contribution in [-0.4, -0.2) is 21.5 Å². The van der Waals surface area contributed by atoms with Crippen molar-refractivity contribution in [3.05, 3.63) is 125 Å². The van der Waals surface area contributed by atoms with Gasteiger partial charge in [-0.3, -0.25) is 4.79 Å². The third kappa shape index (κ3) is 4.68. The zero-order chi connectivity index (χ0) is 22.5. The van der Waals surface area contributed by atoms with Gasteiger partial charge in [0.25, 0.3) is 5.91 Å². The predicted molar refractivity (Wildman–Crippen MR) is 131 cm³/mol. The molecule has 0 aliphatic rings. The lowest BCUT2D eigenvalue weighted by Crippen LogP contribution is -2.17. The molecule has 0 unspecified atom stereocenters. The van der Waals surface area contributed by atoms with E-state index in [0.29, 0.717) is 11.3 Å². The second kappa shape index (κ2) is 9.45. The molecule has 1 amide bonds. The maximum atomic E-state index is 13.3. The number of hydrogen-bond acceptors (Lipinski definition) is 4. The van der Waals surface area contributed by atoms with Crippen molar-refractivity contribution in [3.63, 3.8) is 0 Å². The summed E-state index contributed by atoms with van der Waals surface area (Å²) in [5.74, 6) is -0.166. The zero-order valence-corrected chi connectivity index (χ0v) is 17.9. The first-order valence-electron chi connectivity index (χ1n) is 10.1. The molecule has 0 aliphatic carbocycles. The van der Waals surface area contributed by atoms with Gasteiger partial charge in [-0.2, -0.15) is 0 Å². The van der Waals surface area contributed by atoms with Crippen molar-refractivity contribution >= 4 is 29.2 Å². The number of nitrogens with one attached hydrogen (secondary N) is 1. The fraction of sp³-hybridized carbons (Fsp3) is 0.0370. The van der Waals surface area contributed by atoms with Crippen LogP contribution < -0.4 is 5.32 Å². The minimum absolute atomic E-state index is 0.169. The number of rotatable bonds is 6. The van der Waals surface area contributed by atoms with Crippen LogP contribution in [0.1, 0.15) is 38.5 Å². The first-order valence-corrected chi connectivity index (χ1v) is 10.6. The minimum atomic E-state index is -0.273. The second-order valence-corrected chi connectivity index (χ2v) is 7.64. The third-order valence-electron chi connectivity index (χ3n) is 5.25. The highest BCUT2D eigenvalue weighted by Gasteiger charge is 2.23. The van der Waals surface area contributed by atoms with E-state index < -0.39 is 0 Å². The molecule has 0 radical (unpaired) electrons. The number of carbonyl (C=O) groups excluding carboxylic acids is 1. The van der Waals surface area contributed by atoms with Crippen LogP contribution in [-0.2, 0) is 0 Å². The van der Waals surface area contributed by atoms with Gasteiger partial charge in [0.05, 0.1) is 0 Å². The normalized spacial score (nSPS) is 10.7. The van der Waals surface area contributed by atoms with Crippen LogP contribution in [0.3, 0.4) is 0 Å². The molecule has 0 aliphatic heterocycles. The SMILES string of the molecule is O=C(Nc1cccc(C=S)c1)c1ccccc1C(c1ccc(O)cc1)c1ccc(O)cc1. The first-order chi connectivity index (χ1) is 15.5. The molecule has 0 saturated carbocycles. The molecule has 0 aromatic heterocycles. The van der Waals surface area contributed by atoms with E-state index in [-0.39, 0.29) is 23.3 Å². The molecule has 0 heterocycles. The molecule has 4 rings (SSSR count). The number of hydrogen-bond donors (Lipinski definition) is 3. The number of amides is 1. The van der Waals surface area contributed by atoms with Crippen molar-refractivity contribution in [2.45, 2.75) is 5.92 Å². The molecule has 4 nitrogen and oxygen atoms in total. The maximum absolute atomic E-state index is 13.3. The van der Waals surface area contributed by atoms with Crippen LogP contribution in [0.25, 0.3) is 0 Å². The van der Waals surface area contributed by atoms with E-state index in [2.05, 4.69) is 5.32 Å². The van der Waals surface area contributed by atoms with E-state index in [0.717, 1.165) is 22.3 Å². The standard InChI is InChI=1S/C27H21NO3S/c29-22-12-8-19(9-13-22)26(20-10-14-23(30)15-11-20)24-6-1-2-7-25(24)27(31)28-21-5-3-4-18(16-21)17-32/h1-17,26,29-30H,(H,28,31). The highest BCUT2D eigenvalue weighted by molar-refractivity contribution is 7.79. The molecular weight excluding hydrogens is 418 g/mol. The van der Waals surface area contributed by atoms with Gasteiger partial charge in [-0.1, -0.05) is 66.8 Å². The van der Waals surface area contributed by atoms with Crippen LogP contribution in [0.15, 0.2) is 97.1 Å². The first kappa shape index (κ1) is 21.3. The van der Waals surface area contributed by atoms with E-state index in [1.807, 2.05) is 66.7 Å². The summed E-state index contributed by atoms with van der Waals surface area (Å²) < 4.78 is 0. The highest BCUT2D eigenvalue weighted by atomic mass is 32.1. The zero-order valence-electron chi connectivity index (χ0n) is 17.1. The molecule has 3 N–H and O–H groups in total. The monoisotopic (exact) mass is 439 g/mol. The maximum Gasteiger partial charge on any atom is 0.255 e. The molecule has 0 spiro atoms. The third-order valence-corrected chi connectivity index (χ3v) is 5.52. The van der Waals surface area contributed by atoms with Gasteiger partial charge in [0.1, 0.15) is 11.5 Å². The van der Waals surface area contributed by atoms with E-state index in [1.165, 1.54) is 0 Å². The van der Waals surface area contributed by atoms with Gasteiger partial charge < -0.3 is 15.5 Å². The summed E-state index contributed by atoms with van der Waals surface area (Å²) in [5, 5.41) is 24.0. The Hall–Kier alpha value is -3.96. The van der Waals surface area contributed by atoms with Crippen LogP contribution in [0.2, 0.25) is 0 Å². The van der Waals surface area contributed by atoms with E-state index >= 15 is 0 Å². The van der Waals surface area contributed by atoms with Gasteiger partial charge in [0.2, 0.25) is 0 Å². The van der Waals surface area contributed by atoms with Crippen LogP contribution in [0.4, 0.5) is 5.69 Å². The van der Waals surface area contributed by atoms with Gasteiger partial charge >= 0.3 is 0 Å². The van der Waals surface area contributed by atoms with Gasteiger partial charge in [-0.25, -0.2) is 0 Å². The molecule has 0 saturated heterocycles. The highest BCUT2D eigenvalue weighted by Crippen LogP contribution is 2.35. The van der Waals surface area contributed by atoms with Crippen molar-refractivity contribution in [2.75, 3.05) is 5.32 Å². The van der Waals surface area contributed by atoms with Gasteiger partial charge in [-0.15, -0.1) is 0 Å². The summed E-state index contributed by atoms with van der Waals surface area (Å²) in [6, 6.07) is 28.7. The Morgan fingerprint density at radius 1 is 0.781 bits per heavy atom. The minimum Gasteiger partial charge on any atom is -0.508 e. The Morgan fingerprint density at radius 3 is 1.97 bits per heavy atom. The Kier molecular flexibility index (Phi) is 6.29. The molecule has 0 fully saturated rings. The molecule has 0 atom stereocenters. The van der Waals surface area contributed by atoms with Gasteiger partial charge in [-0.05, 0) is 64.7 Å². The smallest absolute Gasteiger partial charge is 0.255 e. The molecular formula is C27H21NO3S. The number of phenols is 2. The van der Waals surface area contributed by atoms with Crippen molar-refractivity contribution in [1.29, 1.82) is 0 Å². The second-order valence-electron chi connectivity index (χ2n) is 7.40. The average Bonchev–Trinajstić information content (AvgIpc) is 2.82. The summed E-state index contributed by atoms with van der Waals surface area (Å²) in [5.41, 5.74) is 4.68. The number of thiocarbonyl (C=S) groups is 1. The summed E-state index contributed by atoms with van der Waals surface area (Å²) in [6.45, 7) is 0. The fourth-order valence-corrected chi connectivity index (χ4v) is 3.88. The lowest BCUT2D eigenvalue weighted by atomic mass is 9.82. The lowest BCUT2D eigenvalue weighted by molar-refractivity contribution is 0.102. The number of phenolic OH excluding ortho intramolecular Hbond substituents is 2. The van der Waals surface area contributed by atoms with E-state index in [4.69, 9.17) is 12.2 Å². The lowest BCUT2D eigenvalue weighted by Gasteiger charge is -2.22. The fourth-order valence-electron chi connectivity index (χ4n) is 3.73. The molecule has 5 heteroatoms. The summed E-state index contributed by atoms with van der Waals surface area (Å²) in [4.78, 5) is 13.3. The Morgan fingerprint density at radius 2 is 1.38 bits per heavy atom. The van der Waals surface area contributed by atoms with Crippen molar-refractivity contribution in [2.24, 2.45) is 0 Å². The van der Waals surface area contributed by atoms with Crippen LogP contribution in [0.5, 0.6) is 11.5 Å². The Balaban J connectivity index is 1.78. The number of carbonyl (C=O) groups is 1. The van der Waals surface area contributed by atoms with Gasteiger partial charge in [0, 0.05) is 22.5 Å². The van der Waals surface area contributed by atoms with Crippen molar-refractivity contribution in [3.8, 4) is 11.5 Å². The Labute approximate surface area is 191 Å². The molecule has 4 aromatic carbocycles. The summed E-state index contributed by atoms with van der Waals surface area (Å²) in [7, 11) is 0. The van der Waals surface area contributed by atoms with Crippen molar-refractivity contribution in [1.82, 2.24) is 0 Å². The van der Waals surface area contributed by atoms with E-state index in [9.17, 15) is 15.0 Å². The van der Waals surface area contributed by atoms with E-state index in [1.54, 1.807) is 35.7 Å². The topological polar surface area (TPSA) is 69.6 Å². The van der Waals surface area contributed by atoms with Crippen LogP contribution >= 0.6 is 12.2 Å². The average molecular weight is 440 g/mol. The van der Waals surface area contributed by atoms with Gasteiger partial charge in [0.15, 0.2) is 0 Å². The summed E-state index contributed by atoms with van der Waals surface area (Å²) in [6.07, 6.45) is 0. The number of aromatic hydroxyl groups is 2. The largest absolute Gasteiger partial charge is 0.508 e.